The molecule has 0 fully saturated rings. The third-order valence-electron chi connectivity index (χ3n) is 7.36. The molecule has 3 rings (SSSR count). The molecule has 1 unspecified atom stereocenters. The van der Waals surface area contributed by atoms with Crippen molar-refractivity contribution in [3.8, 4) is 5.75 Å². The molecule has 2 aliphatic carbocycles. The standard InChI is InChI=1S/C29H40O8/c1-4-25(36-23-10-5-17(2)6-11-23)29(35)37-26-15-21(31)13-19-8-7-18(3)24(28(19)26)12-9-20(30)14-22(32)16-27(33)34/h5-8,10-11,13,18,20-22,24-26,28,30-32H,4,9,12,14-16H2,1-3H3,(H,33,34)/t18-,20+,21+,22+,24-,25?,26-,28-/m0/s1. The van der Waals surface area contributed by atoms with Crippen molar-refractivity contribution in [3.05, 3.63) is 53.6 Å². The summed E-state index contributed by atoms with van der Waals surface area (Å²) in [6, 6.07) is 7.46. The summed E-state index contributed by atoms with van der Waals surface area (Å²) in [5, 5.41) is 39.6. The van der Waals surface area contributed by atoms with Gasteiger partial charge in [-0.1, -0.05) is 49.8 Å². The van der Waals surface area contributed by atoms with Gasteiger partial charge in [0, 0.05) is 12.3 Å². The summed E-state index contributed by atoms with van der Waals surface area (Å²) in [6.07, 6.45) is 3.08. The predicted octanol–water partition coefficient (Wildman–Crippen LogP) is 3.56. The lowest BCUT2D eigenvalue weighted by atomic mass is 9.66. The van der Waals surface area contributed by atoms with Gasteiger partial charge in [-0.15, -0.1) is 0 Å². The van der Waals surface area contributed by atoms with E-state index in [2.05, 4.69) is 13.0 Å². The summed E-state index contributed by atoms with van der Waals surface area (Å²) in [7, 11) is 0. The zero-order chi connectivity index (χ0) is 27.1. The molecule has 37 heavy (non-hydrogen) atoms. The number of aliphatic carboxylic acids is 1. The molecule has 0 saturated heterocycles. The number of aliphatic hydroxyl groups excluding tert-OH is 3. The normalized spacial score (nSPS) is 27.4. The molecule has 8 nitrogen and oxygen atoms in total. The fourth-order valence-corrected chi connectivity index (χ4v) is 5.39. The lowest BCUT2D eigenvalue weighted by Crippen LogP contribution is -2.44. The molecule has 204 valence electrons. The van der Waals surface area contributed by atoms with Crippen LogP contribution in [0.5, 0.6) is 5.75 Å². The third-order valence-corrected chi connectivity index (χ3v) is 7.36. The molecule has 0 saturated carbocycles. The van der Waals surface area contributed by atoms with E-state index >= 15 is 0 Å². The molecule has 0 amide bonds. The summed E-state index contributed by atoms with van der Waals surface area (Å²) >= 11 is 0. The summed E-state index contributed by atoms with van der Waals surface area (Å²) in [6.45, 7) is 5.90. The van der Waals surface area contributed by atoms with Crippen LogP contribution in [0.15, 0.2) is 48.1 Å². The summed E-state index contributed by atoms with van der Waals surface area (Å²) in [5.41, 5.74) is 2.00. The first-order valence-corrected chi connectivity index (χ1v) is 13.2. The van der Waals surface area contributed by atoms with Crippen molar-refractivity contribution in [2.45, 2.75) is 89.8 Å². The van der Waals surface area contributed by atoms with Crippen molar-refractivity contribution in [3.63, 3.8) is 0 Å². The fraction of sp³-hybridized carbons (Fsp3) is 0.586. The molecular weight excluding hydrogens is 476 g/mol. The highest BCUT2D eigenvalue weighted by Gasteiger charge is 2.42. The molecule has 0 aromatic heterocycles. The van der Waals surface area contributed by atoms with Gasteiger partial charge in [-0.25, -0.2) is 4.79 Å². The van der Waals surface area contributed by atoms with E-state index in [4.69, 9.17) is 14.6 Å². The highest BCUT2D eigenvalue weighted by molar-refractivity contribution is 5.75. The van der Waals surface area contributed by atoms with E-state index in [9.17, 15) is 24.9 Å². The van der Waals surface area contributed by atoms with E-state index in [1.807, 2.05) is 44.2 Å². The SMILES string of the molecule is CCC(Oc1ccc(C)cc1)C(=O)O[C@H]1C[C@H](O)C=C2C=C[C@H](C)[C@H](CC[C@@H](O)C[C@@H](O)CC(=O)O)[C@H]21. The molecular formula is C29H40O8. The number of fused-ring (bicyclic) bond motifs is 1. The number of rotatable bonds is 12. The maximum absolute atomic E-state index is 13.2. The van der Waals surface area contributed by atoms with Crippen molar-refractivity contribution >= 4 is 11.9 Å². The van der Waals surface area contributed by atoms with Gasteiger partial charge in [-0.3, -0.25) is 4.79 Å². The van der Waals surface area contributed by atoms with Crippen LogP contribution in [0.2, 0.25) is 0 Å². The average molecular weight is 517 g/mol. The van der Waals surface area contributed by atoms with Crippen LogP contribution in [-0.4, -0.2) is 62.9 Å². The average Bonchev–Trinajstić information content (AvgIpc) is 2.82. The Kier molecular flexibility index (Phi) is 10.3. The van der Waals surface area contributed by atoms with Gasteiger partial charge in [0.15, 0.2) is 6.10 Å². The zero-order valence-corrected chi connectivity index (χ0v) is 21.8. The third kappa shape index (κ3) is 8.15. The van der Waals surface area contributed by atoms with Crippen LogP contribution in [0.25, 0.3) is 0 Å². The second-order valence-corrected chi connectivity index (χ2v) is 10.4. The van der Waals surface area contributed by atoms with Gasteiger partial charge in [0.05, 0.1) is 24.7 Å². The first kappa shape index (κ1) is 28.9. The Labute approximate surface area is 218 Å². The monoisotopic (exact) mass is 516 g/mol. The lowest BCUT2D eigenvalue weighted by Gasteiger charge is -2.43. The number of benzene rings is 1. The molecule has 2 aliphatic rings. The molecule has 1 aromatic carbocycles. The number of aryl methyl sites for hydroxylation is 1. The Morgan fingerprint density at radius 3 is 2.49 bits per heavy atom. The molecule has 0 radical (unpaired) electrons. The Bertz CT molecular complexity index is 969. The van der Waals surface area contributed by atoms with Crippen LogP contribution in [0, 0.1) is 24.7 Å². The zero-order valence-electron chi connectivity index (χ0n) is 21.8. The first-order valence-electron chi connectivity index (χ1n) is 13.2. The van der Waals surface area contributed by atoms with Crippen molar-refractivity contribution < 1.29 is 39.5 Å². The van der Waals surface area contributed by atoms with E-state index in [0.717, 1.165) is 11.1 Å². The lowest BCUT2D eigenvalue weighted by molar-refractivity contribution is -0.163. The largest absolute Gasteiger partial charge is 0.481 e. The quantitative estimate of drug-likeness (QED) is 0.310. The van der Waals surface area contributed by atoms with Crippen LogP contribution in [0.3, 0.4) is 0 Å². The van der Waals surface area contributed by atoms with Crippen molar-refractivity contribution in [2.24, 2.45) is 17.8 Å². The van der Waals surface area contributed by atoms with Crippen molar-refractivity contribution in [2.75, 3.05) is 0 Å². The first-order chi connectivity index (χ1) is 17.6. The van der Waals surface area contributed by atoms with Gasteiger partial charge >= 0.3 is 11.9 Å². The second kappa shape index (κ2) is 13.2. The van der Waals surface area contributed by atoms with E-state index in [-0.39, 0.29) is 30.6 Å². The molecule has 1 aromatic rings. The minimum absolute atomic E-state index is 0.0116. The Morgan fingerprint density at radius 1 is 1.14 bits per heavy atom. The highest BCUT2D eigenvalue weighted by atomic mass is 16.6. The smallest absolute Gasteiger partial charge is 0.347 e. The number of aliphatic hydroxyl groups is 3. The molecule has 0 aliphatic heterocycles. The number of hydrogen-bond donors (Lipinski definition) is 4. The number of carboxylic acids is 1. The molecule has 8 atom stereocenters. The molecule has 4 N–H and O–H groups in total. The van der Waals surface area contributed by atoms with Crippen molar-refractivity contribution in [1.29, 1.82) is 0 Å². The Hall–Kier alpha value is -2.68. The van der Waals surface area contributed by atoms with Gasteiger partial charge in [0.25, 0.3) is 0 Å². The molecule has 0 spiro atoms. The van der Waals surface area contributed by atoms with Crippen LogP contribution >= 0.6 is 0 Å². The van der Waals surface area contributed by atoms with Crippen LogP contribution in [0.4, 0.5) is 0 Å². The maximum atomic E-state index is 13.2. The van der Waals surface area contributed by atoms with Gasteiger partial charge in [-0.2, -0.15) is 0 Å². The minimum Gasteiger partial charge on any atom is -0.481 e. The Balaban J connectivity index is 1.70. The predicted molar refractivity (Wildman–Crippen MR) is 138 cm³/mol. The topological polar surface area (TPSA) is 134 Å². The van der Waals surface area contributed by atoms with E-state index in [1.54, 1.807) is 6.08 Å². The van der Waals surface area contributed by atoms with Gasteiger partial charge in [0.1, 0.15) is 11.9 Å². The van der Waals surface area contributed by atoms with Crippen LogP contribution in [0.1, 0.15) is 57.9 Å². The Morgan fingerprint density at radius 2 is 1.84 bits per heavy atom. The van der Waals surface area contributed by atoms with Gasteiger partial charge in [-0.05, 0) is 62.1 Å². The van der Waals surface area contributed by atoms with Gasteiger partial charge in [0.2, 0.25) is 0 Å². The maximum Gasteiger partial charge on any atom is 0.347 e. The van der Waals surface area contributed by atoms with Crippen LogP contribution in [-0.2, 0) is 14.3 Å². The number of esters is 1. The molecule has 0 heterocycles. The second-order valence-electron chi connectivity index (χ2n) is 10.4. The number of carbonyl (C=O) groups is 2. The van der Waals surface area contributed by atoms with E-state index in [0.29, 0.717) is 25.0 Å². The van der Waals surface area contributed by atoms with Gasteiger partial charge < -0.3 is 29.9 Å². The molecule has 8 heteroatoms. The van der Waals surface area contributed by atoms with Crippen LogP contribution < -0.4 is 4.74 Å². The minimum atomic E-state index is -1.11. The summed E-state index contributed by atoms with van der Waals surface area (Å²) in [4.78, 5) is 24.0. The highest BCUT2D eigenvalue weighted by Crippen LogP contribution is 2.44. The summed E-state index contributed by atoms with van der Waals surface area (Å²) in [5.74, 6) is -0.973. The number of allylic oxidation sites excluding steroid dienone is 2. The fourth-order valence-electron chi connectivity index (χ4n) is 5.39. The van der Waals surface area contributed by atoms with E-state index in [1.165, 1.54) is 0 Å². The number of ether oxygens (including phenoxy) is 2. The number of carbonyl (C=O) groups excluding carboxylic acids is 1. The number of carboxylic acid groups (broad SMARTS) is 1. The molecule has 0 bridgehead atoms. The van der Waals surface area contributed by atoms with Crippen molar-refractivity contribution in [1.82, 2.24) is 0 Å². The van der Waals surface area contributed by atoms with E-state index < -0.39 is 48.9 Å². The number of hydrogen-bond acceptors (Lipinski definition) is 7. The summed E-state index contributed by atoms with van der Waals surface area (Å²) < 4.78 is 11.9.